The van der Waals surface area contributed by atoms with Crippen molar-refractivity contribution in [1.82, 2.24) is 5.01 Å². The Morgan fingerprint density at radius 2 is 1.77 bits per heavy atom. The zero-order valence-electron chi connectivity index (χ0n) is 18.6. The van der Waals surface area contributed by atoms with E-state index >= 15 is 0 Å². The zero-order valence-corrected chi connectivity index (χ0v) is 20.1. The van der Waals surface area contributed by atoms with Crippen LogP contribution in [-0.4, -0.2) is 42.7 Å². The van der Waals surface area contributed by atoms with Gasteiger partial charge in [0.05, 0.1) is 30.2 Å². The molecule has 35 heavy (non-hydrogen) atoms. The molecule has 1 N–H and O–H groups in total. The summed E-state index contributed by atoms with van der Waals surface area (Å²) in [6, 6.07) is 9.82. The van der Waals surface area contributed by atoms with Crippen LogP contribution in [0.4, 0.5) is 5.69 Å². The molecule has 180 valence electrons. The maximum atomic E-state index is 12.8. The number of fused-ring (bicyclic) bond motifs is 5. The van der Waals surface area contributed by atoms with E-state index < -0.39 is 5.91 Å². The molecule has 0 spiro atoms. The standard InChI is InChI=1S/C25H21Cl2N3O5/c1-34-19-9-13(11-28-30-24(32)21-14-2-3-15(10-14)22(21)25(30)33)8-18(27)23(19)35-12-20(31)29-17-6-4-16(26)5-7-17/h2-9,11,14-15,21-22H,10,12H2,1H3,(H,29,31)/t14-,15-,21-,22+/m0/s1. The van der Waals surface area contributed by atoms with Gasteiger partial charge in [-0.2, -0.15) is 10.1 Å². The minimum Gasteiger partial charge on any atom is -0.493 e. The van der Waals surface area contributed by atoms with Crippen LogP contribution in [-0.2, 0) is 14.4 Å². The molecular weight excluding hydrogens is 493 g/mol. The van der Waals surface area contributed by atoms with Crippen LogP contribution >= 0.6 is 23.2 Å². The van der Waals surface area contributed by atoms with Gasteiger partial charge in [-0.25, -0.2) is 0 Å². The molecular formula is C25H21Cl2N3O5. The van der Waals surface area contributed by atoms with Crippen molar-refractivity contribution < 1.29 is 23.9 Å². The fourth-order valence-electron chi connectivity index (χ4n) is 4.95. The topological polar surface area (TPSA) is 97.3 Å². The number of halogens is 2. The highest BCUT2D eigenvalue weighted by molar-refractivity contribution is 6.32. The summed E-state index contributed by atoms with van der Waals surface area (Å²) in [5.74, 6) is -0.870. The number of amides is 3. The molecule has 1 aliphatic heterocycles. The Morgan fingerprint density at radius 1 is 1.11 bits per heavy atom. The van der Waals surface area contributed by atoms with Crippen molar-refractivity contribution in [2.75, 3.05) is 19.0 Å². The number of ether oxygens (including phenoxy) is 2. The first-order valence-electron chi connectivity index (χ1n) is 11.0. The lowest BCUT2D eigenvalue weighted by Crippen LogP contribution is -2.28. The fraction of sp³-hybridized carbons (Fsp3) is 0.280. The van der Waals surface area contributed by atoms with E-state index in [-0.39, 0.29) is 58.6 Å². The number of carbonyl (C=O) groups excluding carboxylic acids is 3. The molecule has 2 aliphatic carbocycles. The van der Waals surface area contributed by atoms with Crippen molar-refractivity contribution >= 4 is 52.8 Å². The van der Waals surface area contributed by atoms with E-state index in [0.717, 1.165) is 11.4 Å². The number of carbonyl (C=O) groups is 3. The highest BCUT2D eigenvalue weighted by Gasteiger charge is 2.59. The molecule has 0 radical (unpaired) electrons. The summed E-state index contributed by atoms with van der Waals surface area (Å²) in [7, 11) is 1.44. The van der Waals surface area contributed by atoms with Gasteiger partial charge in [-0.3, -0.25) is 14.4 Å². The van der Waals surface area contributed by atoms with Crippen LogP contribution in [0.5, 0.6) is 11.5 Å². The largest absolute Gasteiger partial charge is 0.493 e. The van der Waals surface area contributed by atoms with Crippen molar-refractivity contribution in [3.05, 3.63) is 64.2 Å². The molecule has 5 rings (SSSR count). The Labute approximate surface area is 211 Å². The number of hydrazone groups is 1. The van der Waals surface area contributed by atoms with Gasteiger partial charge in [-0.15, -0.1) is 0 Å². The Hall–Kier alpha value is -3.36. The SMILES string of the molecule is COc1cc(C=NN2C(=O)[C@@H]3[C@H](C2=O)[C@H]2C=C[C@H]3C2)cc(Cl)c1OCC(=O)Nc1ccc(Cl)cc1. The van der Waals surface area contributed by atoms with Crippen LogP contribution < -0.4 is 14.8 Å². The molecule has 2 fully saturated rings. The lowest BCUT2D eigenvalue weighted by atomic mass is 9.85. The van der Waals surface area contributed by atoms with Gasteiger partial charge in [-0.05, 0) is 60.2 Å². The summed E-state index contributed by atoms with van der Waals surface area (Å²) in [5, 5.41) is 8.56. The second kappa shape index (κ2) is 9.36. The highest BCUT2D eigenvalue weighted by atomic mass is 35.5. The summed E-state index contributed by atoms with van der Waals surface area (Å²) in [6.45, 7) is -0.304. The Bertz CT molecular complexity index is 1230. The van der Waals surface area contributed by atoms with Crippen LogP contribution in [0.1, 0.15) is 12.0 Å². The molecule has 4 atom stereocenters. The summed E-state index contributed by atoms with van der Waals surface area (Å²) in [6.07, 6.45) is 6.31. The Morgan fingerprint density at radius 3 is 2.40 bits per heavy atom. The average Bonchev–Trinajstić information content (AvgIpc) is 3.52. The van der Waals surface area contributed by atoms with Crippen molar-refractivity contribution in [1.29, 1.82) is 0 Å². The van der Waals surface area contributed by atoms with E-state index in [1.807, 2.05) is 12.2 Å². The van der Waals surface area contributed by atoms with E-state index in [2.05, 4.69) is 10.4 Å². The van der Waals surface area contributed by atoms with Crippen molar-refractivity contribution in [3.8, 4) is 11.5 Å². The Kier molecular flexibility index (Phi) is 6.25. The molecule has 3 amide bonds. The molecule has 10 heteroatoms. The van der Waals surface area contributed by atoms with Gasteiger partial charge in [0.1, 0.15) is 0 Å². The maximum absolute atomic E-state index is 12.8. The normalized spacial score (nSPS) is 24.4. The number of nitrogens with zero attached hydrogens (tertiary/aromatic N) is 2. The van der Waals surface area contributed by atoms with E-state index in [9.17, 15) is 14.4 Å². The number of benzene rings is 2. The first-order chi connectivity index (χ1) is 16.9. The third-order valence-corrected chi connectivity index (χ3v) is 7.03. The molecule has 2 bridgehead atoms. The van der Waals surface area contributed by atoms with E-state index in [0.29, 0.717) is 16.3 Å². The first-order valence-corrected chi connectivity index (χ1v) is 11.8. The zero-order chi connectivity index (χ0) is 24.7. The van der Waals surface area contributed by atoms with Gasteiger partial charge in [0.25, 0.3) is 17.7 Å². The molecule has 3 aliphatic rings. The first kappa shape index (κ1) is 23.4. The van der Waals surface area contributed by atoms with Crippen LogP contribution in [0, 0.1) is 23.7 Å². The van der Waals surface area contributed by atoms with Gasteiger partial charge in [-0.1, -0.05) is 35.4 Å². The Balaban J connectivity index is 1.26. The van der Waals surface area contributed by atoms with E-state index in [1.165, 1.54) is 13.3 Å². The average molecular weight is 514 g/mol. The highest BCUT2D eigenvalue weighted by Crippen LogP contribution is 2.52. The number of nitrogens with one attached hydrogen (secondary N) is 1. The number of hydrogen-bond donors (Lipinski definition) is 1. The quantitative estimate of drug-likeness (QED) is 0.340. The summed E-state index contributed by atoms with van der Waals surface area (Å²) < 4.78 is 11.0. The minimum absolute atomic E-state index is 0.115. The van der Waals surface area contributed by atoms with Crippen molar-refractivity contribution in [2.45, 2.75) is 6.42 Å². The third kappa shape index (κ3) is 4.39. The van der Waals surface area contributed by atoms with Crippen molar-refractivity contribution in [3.63, 3.8) is 0 Å². The number of allylic oxidation sites excluding steroid dienone is 2. The van der Waals surface area contributed by atoms with Crippen LogP contribution in [0.3, 0.4) is 0 Å². The fourth-order valence-corrected chi connectivity index (χ4v) is 5.35. The maximum Gasteiger partial charge on any atom is 0.262 e. The van der Waals surface area contributed by atoms with E-state index in [1.54, 1.807) is 36.4 Å². The number of anilines is 1. The molecule has 1 saturated heterocycles. The smallest absolute Gasteiger partial charge is 0.262 e. The third-order valence-electron chi connectivity index (χ3n) is 6.50. The van der Waals surface area contributed by atoms with Crippen molar-refractivity contribution in [2.24, 2.45) is 28.8 Å². The number of imide groups is 1. The predicted octanol–water partition coefficient (Wildman–Crippen LogP) is 4.16. The molecule has 0 unspecified atom stereocenters. The molecule has 2 aromatic carbocycles. The summed E-state index contributed by atoms with van der Waals surface area (Å²) in [5.41, 5.74) is 1.08. The summed E-state index contributed by atoms with van der Waals surface area (Å²) in [4.78, 5) is 37.8. The second-order valence-corrected chi connectivity index (χ2v) is 9.45. The van der Waals surface area contributed by atoms with Crippen LogP contribution in [0.15, 0.2) is 53.7 Å². The minimum atomic E-state index is -0.392. The van der Waals surface area contributed by atoms with Gasteiger partial charge in [0.2, 0.25) is 0 Å². The molecule has 8 nitrogen and oxygen atoms in total. The van der Waals surface area contributed by atoms with Crippen LogP contribution in [0.2, 0.25) is 10.0 Å². The van der Waals surface area contributed by atoms with Gasteiger partial charge >= 0.3 is 0 Å². The number of methoxy groups -OCH3 is 1. The number of hydrogen-bond acceptors (Lipinski definition) is 6. The van der Waals surface area contributed by atoms with Gasteiger partial charge in [0.15, 0.2) is 18.1 Å². The summed E-state index contributed by atoms with van der Waals surface area (Å²) >= 11 is 12.2. The lowest BCUT2D eigenvalue weighted by molar-refractivity contribution is -0.140. The number of rotatable bonds is 7. The lowest BCUT2D eigenvalue weighted by Gasteiger charge is -2.14. The van der Waals surface area contributed by atoms with Crippen LogP contribution in [0.25, 0.3) is 0 Å². The van der Waals surface area contributed by atoms with Gasteiger partial charge in [0, 0.05) is 10.7 Å². The molecule has 1 saturated carbocycles. The molecule has 2 aromatic rings. The second-order valence-electron chi connectivity index (χ2n) is 8.61. The monoisotopic (exact) mass is 513 g/mol. The molecule has 0 aromatic heterocycles. The van der Waals surface area contributed by atoms with Gasteiger partial charge < -0.3 is 14.8 Å². The van der Waals surface area contributed by atoms with E-state index in [4.69, 9.17) is 32.7 Å². The predicted molar refractivity (Wildman–Crippen MR) is 131 cm³/mol. The molecule has 1 heterocycles.